The van der Waals surface area contributed by atoms with Crippen LogP contribution in [0.5, 0.6) is 0 Å². The minimum absolute atomic E-state index is 0.166. The molecule has 2 heterocycles. The maximum Gasteiger partial charge on any atom is 0.229 e. The van der Waals surface area contributed by atoms with Crippen molar-refractivity contribution in [2.75, 3.05) is 22.8 Å². The molecule has 0 unspecified atom stereocenters. The number of nitrogens with one attached hydrogen (secondary N) is 2. The maximum absolute atomic E-state index is 11.5. The third-order valence-electron chi connectivity index (χ3n) is 5.74. The molecule has 0 amide bonds. The first-order chi connectivity index (χ1) is 15.3. The van der Waals surface area contributed by atoms with Crippen molar-refractivity contribution in [1.82, 2.24) is 19.7 Å². The number of nitrogens with zero attached hydrogens (tertiary/aromatic N) is 4. The highest BCUT2D eigenvalue weighted by atomic mass is 32.2. The highest BCUT2D eigenvalue weighted by Gasteiger charge is 2.25. The van der Waals surface area contributed by atoms with Crippen LogP contribution in [0, 0.1) is 0 Å². The third kappa shape index (κ3) is 5.18. The van der Waals surface area contributed by atoms with Gasteiger partial charge in [0.15, 0.2) is 5.65 Å². The van der Waals surface area contributed by atoms with Crippen LogP contribution in [0.15, 0.2) is 30.5 Å². The molecule has 1 aliphatic rings. The summed E-state index contributed by atoms with van der Waals surface area (Å²) in [6, 6.07) is 7.30. The van der Waals surface area contributed by atoms with Crippen molar-refractivity contribution in [3.05, 3.63) is 30.5 Å². The Morgan fingerprint density at radius 3 is 2.53 bits per heavy atom. The molecule has 0 spiro atoms. The Bertz CT molecular complexity index is 1170. The molecule has 3 N–H and O–H groups in total. The zero-order valence-corrected chi connectivity index (χ0v) is 19.3. The SMILES string of the molecule is CCCCNc1ncc2c(-c3ccc(NS(C)(=O)=O)cc3)nn([C@H]3CC[C@@H](O)CC3)c2n1. The Balaban J connectivity index is 1.72. The fourth-order valence-corrected chi connectivity index (χ4v) is 4.63. The van der Waals surface area contributed by atoms with Crippen LogP contribution in [-0.4, -0.2) is 52.2 Å². The number of sulfonamides is 1. The van der Waals surface area contributed by atoms with E-state index in [1.807, 2.05) is 16.8 Å². The minimum atomic E-state index is -3.34. The van der Waals surface area contributed by atoms with Crippen LogP contribution in [-0.2, 0) is 10.0 Å². The number of aromatic nitrogens is 4. The summed E-state index contributed by atoms with van der Waals surface area (Å²) in [5.74, 6) is 0.585. The molecule has 0 aliphatic heterocycles. The van der Waals surface area contributed by atoms with E-state index in [2.05, 4.69) is 21.9 Å². The van der Waals surface area contributed by atoms with E-state index >= 15 is 0 Å². The predicted molar refractivity (Wildman–Crippen MR) is 126 cm³/mol. The molecule has 1 aliphatic carbocycles. The Hall–Kier alpha value is -2.72. The molecule has 1 fully saturated rings. The molecule has 2 aromatic heterocycles. The summed E-state index contributed by atoms with van der Waals surface area (Å²) in [6.45, 7) is 2.95. The van der Waals surface area contributed by atoms with Gasteiger partial charge in [-0.1, -0.05) is 25.5 Å². The van der Waals surface area contributed by atoms with Gasteiger partial charge < -0.3 is 10.4 Å². The summed E-state index contributed by atoms with van der Waals surface area (Å²) in [4.78, 5) is 9.27. The van der Waals surface area contributed by atoms with Crippen molar-refractivity contribution in [1.29, 1.82) is 0 Å². The Kier molecular flexibility index (Phi) is 6.61. The standard InChI is InChI=1S/C22H30N6O3S/c1-3-4-13-23-22-24-14-19-20(15-5-7-16(8-6-15)27-32(2,30)31)26-28(21(19)25-22)17-9-11-18(29)12-10-17/h5-8,14,17-18,27,29H,3-4,9-13H2,1-2H3,(H,23,24,25)/t17-,18+. The van der Waals surface area contributed by atoms with Gasteiger partial charge in [-0.25, -0.2) is 18.1 Å². The van der Waals surface area contributed by atoms with Crippen LogP contribution in [0.3, 0.4) is 0 Å². The monoisotopic (exact) mass is 458 g/mol. The average Bonchev–Trinajstić information content (AvgIpc) is 3.13. The van der Waals surface area contributed by atoms with Crippen molar-refractivity contribution in [3.63, 3.8) is 0 Å². The van der Waals surface area contributed by atoms with E-state index in [4.69, 9.17) is 10.1 Å². The molecule has 10 heteroatoms. The van der Waals surface area contributed by atoms with E-state index in [9.17, 15) is 13.5 Å². The van der Waals surface area contributed by atoms with Crippen LogP contribution in [0.1, 0.15) is 51.5 Å². The van der Waals surface area contributed by atoms with Gasteiger partial charge in [-0.3, -0.25) is 4.72 Å². The Labute approximate surface area is 188 Å². The van der Waals surface area contributed by atoms with Crippen LogP contribution in [0.4, 0.5) is 11.6 Å². The predicted octanol–water partition coefficient (Wildman–Crippen LogP) is 3.55. The second-order valence-electron chi connectivity index (χ2n) is 8.42. The number of aliphatic hydroxyl groups excluding tert-OH is 1. The van der Waals surface area contributed by atoms with Crippen LogP contribution >= 0.6 is 0 Å². The van der Waals surface area contributed by atoms with Gasteiger partial charge in [0.2, 0.25) is 16.0 Å². The summed E-state index contributed by atoms with van der Waals surface area (Å²) in [7, 11) is -3.34. The van der Waals surface area contributed by atoms with E-state index in [1.54, 1.807) is 18.3 Å². The van der Waals surface area contributed by atoms with Crippen molar-refractivity contribution in [2.45, 2.75) is 57.6 Å². The van der Waals surface area contributed by atoms with Crippen molar-refractivity contribution in [3.8, 4) is 11.3 Å². The molecule has 4 rings (SSSR count). The molecule has 172 valence electrons. The van der Waals surface area contributed by atoms with Crippen molar-refractivity contribution < 1.29 is 13.5 Å². The number of hydrogen-bond acceptors (Lipinski definition) is 7. The molecule has 3 aromatic rings. The van der Waals surface area contributed by atoms with Crippen LogP contribution in [0.25, 0.3) is 22.3 Å². The molecule has 0 radical (unpaired) electrons. The first-order valence-corrected chi connectivity index (χ1v) is 13.0. The van der Waals surface area contributed by atoms with E-state index in [-0.39, 0.29) is 12.1 Å². The van der Waals surface area contributed by atoms with Gasteiger partial charge in [-0.05, 0) is 44.2 Å². The molecule has 1 saturated carbocycles. The molecule has 1 aromatic carbocycles. The van der Waals surface area contributed by atoms with Crippen molar-refractivity contribution >= 4 is 32.7 Å². The zero-order chi connectivity index (χ0) is 22.7. The van der Waals surface area contributed by atoms with E-state index in [1.165, 1.54) is 0 Å². The number of unbranched alkanes of at least 4 members (excludes halogenated alkanes) is 1. The average molecular weight is 459 g/mol. The first-order valence-electron chi connectivity index (χ1n) is 11.1. The number of aliphatic hydroxyl groups is 1. The zero-order valence-electron chi connectivity index (χ0n) is 18.5. The highest BCUT2D eigenvalue weighted by Crippen LogP contribution is 2.34. The van der Waals surface area contributed by atoms with Gasteiger partial charge in [0, 0.05) is 24.0 Å². The van der Waals surface area contributed by atoms with E-state index in [0.29, 0.717) is 11.6 Å². The summed E-state index contributed by atoms with van der Waals surface area (Å²) in [5, 5.41) is 19.0. The van der Waals surface area contributed by atoms with Gasteiger partial charge in [0.05, 0.1) is 23.8 Å². The Morgan fingerprint density at radius 1 is 1.16 bits per heavy atom. The topological polar surface area (TPSA) is 122 Å². The number of benzene rings is 1. The lowest BCUT2D eigenvalue weighted by Crippen LogP contribution is -2.22. The van der Waals surface area contributed by atoms with Crippen LogP contribution < -0.4 is 10.0 Å². The third-order valence-corrected chi connectivity index (χ3v) is 6.34. The Morgan fingerprint density at radius 2 is 1.88 bits per heavy atom. The van der Waals surface area contributed by atoms with Gasteiger partial charge in [0.1, 0.15) is 5.69 Å². The van der Waals surface area contributed by atoms with Gasteiger partial charge in [0.25, 0.3) is 0 Å². The van der Waals surface area contributed by atoms with E-state index in [0.717, 1.165) is 73.6 Å². The number of anilines is 2. The smallest absolute Gasteiger partial charge is 0.229 e. The second kappa shape index (κ2) is 9.41. The lowest BCUT2D eigenvalue weighted by Gasteiger charge is -2.25. The number of rotatable bonds is 8. The second-order valence-corrected chi connectivity index (χ2v) is 10.2. The molecule has 0 bridgehead atoms. The van der Waals surface area contributed by atoms with E-state index < -0.39 is 10.0 Å². The summed E-state index contributed by atoms with van der Waals surface area (Å²) in [5.41, 5.74) is 2.89. The lowest BCUT2D eigenvalue weighted by atomic mass is 9.93. The maximum atomic E-state index is 11.5. The molecular formula is C22H30N6O3S. The van der Waals surface area contributed by atoms with Crippen molar-refractivity contribution in [2.24, 2.45) is 0 Å². The van der Waals surface area contributed by atoms with Gasteiger partial charge in [-0.2, -0.15) is 10.1 Å². The molecule has 9 nitrogen and oxygen atoms in total. The normalized spacial score (nSPS) is 19.2. The lowest BCUT2D eigenvalue weighted by molar-refractivity contribution is 0.109. The highest BCUT2D eigenvalue weighted by molar-refractivity contribution is 7.92. The summed E-state index contributed by atoms with van der Waals surface area (Å²) in [6.07, 6.45) is 8.00. The fourth-order valence-electron chi connectivity index (χ4n) is 4.07. The van der Waals surface area contributed by atoms with Gasteiger partial charge in [-0.15, -0.1) is 0 Å². The number of hydrogen-bond donors (Lipinski definition) is 3. The van der Waals surface area contributed by atoms with Crippen LogP contribution in [0.2, 0.25) is 0 Å². The largest absolute Gasteiger partial charge is 0.393 e. The summed E-state index contributed by atoms with van der Waals surface area (Å²) < 4.78 is 27.4. The fraction of sp³-hybridized carbons (Fsp3) is 0.500. The molecule has 0 saturated heterocycles. The molecule has 32 heavy (non-hydrogen) atoms. The molecular weight excluding hydrogens is 428 g/mol. The van der Waals surface area contributed by atoms with Gasteiger partial charge >= 0.3 is 0 Å². The quantitative estimate of drug-likeness (QED) is 0.441. The number of fused-ring (bicyclic) bond motifs is 1. The summed E-state index contributed by atoms with van der Waals surface area (Å²) >= 11 is 0. The molecule has 0 atom stereocenters. The first kappa shape index (κ1) is 22.5. The minimum Gasteiger partial charge on any atom is -0.393 e.